The van der Waals surface area contributed by atoms with Crippen LogP contribution in [0.1, 0.15) is 51.5 Å². The maximum atomic E-state index is 13.6. The molecule has 0 aliphatic rings. The van der Waals surface area contributed by atoms with Gasteiger partial charge in [-0.15, -0.1) is 0 Å². The van der Waals surface area contributed by atoms with E-state index in [0.717, 1.165) is 22.9 Å². The standard InChI is InChI=1S/C28H44N6O5S/c1-4-17(2)24(28(38)39)34-26(36)22(12-14-40-3)32-27(37)23(33-25(35)20(30)10-7-8-13-29)15-18-16-31-21-11-6-5-9-19(18)21/h5-6,9,11,16-17,20,22-24,31H,4,7-8,10,12-15,29-30H2,1-3H3,(H,32,37)(H,33,35)(H,34,36)(H,38,39). The first-order chi connectivity index (χ1) is 19.1. The van der Waals surface area contributed by atoms with Gasteiger partial charge in [-0.25, -0.2) is 4.79 Å². The summed E-state index contributed by atoms with van der Waals surface area (Å²) in [6, 6.07) is 3.73. The van der Waals surface area contributed by atoms with Gasteiger partial charge in [0.15, 0.2) is 0 Å². The molecule has 1 aromatic carbocycles. The van der Waals surface area contributed by atoms with Crippen molar-refractivity contribution in [3.8, 4) is 0 Å². The number of aromatic nitrogens is 1. The van der Waals surface area contributed by atoms with Crippen molar-refractivity contribution in [3.05, 3.63) is 36.0 Å². The molecule has 2 aromatic rings. The van der Waals surface area contributed by atoms with Crippen LogP contribution in [0.2, 0.25) is 0 Å². The van der Waals surface area contributed by atoms with Crippen molar-refractivity contribution in [1.82, 2.24) is 20.9 Å². The third kappa shape index (κ3) is 9.83. The summed E-state index contributed by atoms with van der Waals surface area (Å²) < 4.78 is 0. The number of rotatable bonds is 18. The molecule has 0 fully saturated rings. The molecule has 0 spiro atoms. The van der Waals surface area contributed by atoms with Crippen molar-refractivity contribution < 1.29 is 24.3 Å². The number of para-hydroxylation sites is 1. The van der Waals surface area contributed by atoms with Gasteiger partial charge in [0, 0.05) is 23.5 Å². The number of carbonyl (C=O) groups is 4. The van der Waals surface area contributed by atoms with Crippen LogP contribution in [0.4, 0.5) is 0 Å². The Kier molecular flexibility index (Phi) is 14.0. The molecule has 222 valence electrons. The zero-order valence-electron chi connectivity index (χ0n) is 23.6. The van der Waals surface area contributed by atoms with E-state index in [0.29, 0.717) is 31.6 Å². The average Bonchev–Trinajstić information content (AvgIpc) is 3.35. The third-order valence-corrected chi connectivity index (χ3v) is 7.70. The summed E-state index contributed by atoms with van der Waals surface area (Å²) in [7, 11) is 0. The van der Waals surface area contributed by atoms with Crippen LogP contribution in [0.3, 0.4) is 0 Å². The monoisotopic (exact) mass is 576 g/mol. The van der Waals surface area contributed by atoms with E-state index in [-0.39, 0.29) is 18.8 Å². The number of hydrogen-bond acceptors (Lipinski definition) is 7. The molecule has 0 aliphatic carbocycles. The Morgan fingerprint density at radius 1 is 1.00 bits per heavy atom. The summed E-state index contributed by atoms with van der Waals surface area (Å²) in [6.45, 7) is 4.09. The number of hydrogen-bond donors (Lipinski definition) is 7. The number of nitrogens with two attached hydrogens (primary N) is 2. The summed E-state index contributed by atoms with van der Waals surface area (Å²) >= 11 is 1.50. The SMILES string of the molecule is CCC(C)C(NC(=O)C(CCSC)NC(=O)C(Cc1c[nH]c2ccccc12)NC(=O)C(N)CCCCN)C(=O)O. The summed E-state index contributed by atoms with van der Waals surface area (Å²) in [5, 5.41) is 18.7. The number of unbranched alkanes of at least 4 members (excludes halogenated alkanes) is 1. The lowest BCUT2D eigenvalue weighted by molar-refractivity contribution is -0.143. The quantitative estimate of drug-likeness (QED) is 0.130. The number of thioether (sulfide) groups is 1. The smallest absolute Gasteiger partial charge is 0.326 e. The molecule has 0 aliphatic heterocycles. The average molecular weight is 577 g/mol. The number of aliphatic carboxylic acids is 1. The second-order valence-electron chi connectivity index (χ2n) is 10.1. The first-order valence-corrected chi connectivity index (χ1v) is 15.2. The Hall–Kier alpha value is -3.09. The fourth-order valence-electron chi connectivity index (χ4n) is 4.36. The minimum absolute atomic E-state index is 0.165. The molecule has 2 rings (SSSR count). The van der Waals surface area contributed by atoms with E-state index in [1.54, 1.807) is 13.1 Å². The van der Waals surface area contributed by atoms with Crippen LogP contribution in [-0.4, -0.2) is 76.5 Å². The number of H-pyrrole nitrogens is 1. The normalized spacial score (nSPS) is 15.0. The van der Waals surface area contributed by atoms with E-state index in [4.69, 9.17) is 11.5 Å². The fraction of sp³-hybridized carbons (Fsp3) is 0.571. The summed E-state index contributed by atoms with van der Waals surface area (Å²) in [4.78, 5) is 54.7. The second-order valence-corrected chi connectivity index (χ2v) is 11.1. The largest absolute Gasteiger partial charge is 0.480 e. The highest BCUT2D eigenvalue weighted by molar-refractivity contribution is 7.98. The molecule has 0 bridgehead atoms. The summed E-state index contributed by atoms with van der Waals surface area (Å²) in [6.07, 6.45) is 6.53. The maximum absolute atomic E-state index is 13.6. The van der Waals surface area contributed by atoms with Crippen molar-refractivity contribution in [1.29, 1.82) is 0 Å². The molecule has 11 nitrogen and oxygen atoms in total. The van der Waals surface area contributed by atoms with Crippen LogP contribution in [0, 0.1) is 5.92 Å². The molecule has 40 heavy (non-hydrogen) atoms. The number of fused-ring (bicyclic) bond motifs is 1. The molecule has 3 amide bonds. The van der Waals surface area contributed by atoms with Gasteiger partial charge in [-0.3, -0.25) is 14.4 Å². The van der Waals surface area contributed by atoms with E-state index in [1.807, 2.05) is 37.4 Å². The molecule has 1 heterocycles. The second kappa shape index (κ2) is 16.9. The van der Waals surface area contributed by atoms with Crippen molar-refractivity contribution in [2.75, 3.05) is 18.6 Å². The number of carboxylic acid groups (broad SMARTS) is 1. The molecule has 5 unspecified atom stereocenters. The van der Waals surface area contributed by atoms with Crippen LogP contribution in [0.15, 0.2) is 30.5 Å². The first kappa shape index (κ1) is 33.1. The highest BCUT2D eigenvalue weighted by Gasteiger charge is 2.32. The van der Waals surface area contributed by atoms with Crippen molar-refractivity contribution in [2.24, 2.45) is 17.4 Å². The van der Waals surface area contributed by atoms with E-state index in [2.05, 4.69) is 20.9 Å². The number of nitrogens with one attached hydrogen (secondary N) is 4. The van der Waals surface area contributed by atoms with Crippen LogP contribution in [-0.2, 0) is 25.6 Å². The minimum Gasteiger partial charge on any atom is -0.480 e. The lowest BCUT2D eigenvalue weighted by Crippen LogP contribution is -2.58. The van der Waals surface area contributed by atoms with E-state index >= 15 is 0 Å². The molecule has 0 saturated heterocycles. The molecule has 5 atom stereocenters. The van der Waals surface area contributed by atoms with Gasteiger partial charge >= 0.3 is 5.97 Å². The number of carboxylic acids is 1. The van der Waals surface area contributed by atoms with E-state index in [9.17, 15) is 24.3 Å². The van der Waals surface area contributed by atoms with E-state index in [1.165, 1.54) is 11.8 Å². The highest BCUT2D eigenvalue weighted by Crippen LogP contribution is 2.19. The Morgan fingerprint density at radius 3 is 2.33 bits per heavy atom. The lowest BCUT2D eigenvalue weighted by atomic mass is 9.98. The predicted octanol–water partition coefficient (Wildman–Crippen LogP) is 1.50. The van der Waals surface area contributed by atoms with Gasteiger partial charge in [0.1, 0.15) is 18.1 Å². The molecule has 0 radical (unpaired) electrons. The lowest BCUT2D eigenvalue weighted by Gasteiger charge is -2.26. The number of benzene rings is 1. The van der Waals surface area contributed by atoms with Gasteiger partial charge in [0.25, 0.3) is 0 Å². The van der Waals surface area contributed by atoms with Gasteiger partial charge < -0.3 is 37.5 Å². The molecule has 9 N–H and O–H groups in total. The van der Waals surface area contributed by atoms with Gasteiger partial charge in [0.2, 0.25) is 17.7 Å². The summed E-state index contributed by atoms with van der Waals surface area (Å²) in [5.74, 6) is -2.47. The fourth-order valence-corrected chi connectivity index (χ4v) is 4.83. The third-order valence-electron chi connectivity index (χ3n) is 7.06. The Bertz CT molecular complexity index is 1130. The van der Waals surface area contributed by atoms with Crippen LogP contribution < -0.4 is 27.4 Å². The topological polar surface area (TPSA) is 192 Å². The Morgan fingerprint density at radius 2 is 1.68 bits per heavy atom. The van der Waals surface area contributed by atoms with Gasteiger partial charge in [-0.2, -0.15) is 11.8 Å². The predicted molar refractivity (Wildman–Crippen MR) is 159 cm³/mol. The van der Waals surface area contributed by atoms with Crippen LogP contribution >= 0.6 is 11.8 Å². The Balaban J connectivity index is 2.27. The molecule has 1 aromatic heterocycles. The van der Waals surface area contributed by atoms with Gasteiger partial charge in [-0.05, 0) is 55.4 Å². The Labute approximate surface area is 240 Å². The number of amides is 3. The zero-order chi connectivity index (χ0) is 29.7. The van der Waals surface area contributed by atoms with E-state index < -0.39 is 47.9 Å². The molecular weight excluding hydrogens is 532 g/mol. The molecule has 0 saturated carbocycles. The van der Waals surface area contributed by atoms with Gasteiger partial charge in [-0.1, -0.05) is 44.9 Å². The molecular formula is C28H44N6O5S. The van der Waals surface area contributed by atoms with Crippen molar-refractivity contribution in [2.45, 2.75) is 76.5 Å². The van der Waals surface area contributed by atoms with Crippen molar-refractivity contribution >= 4 is 46.4 Å². The summed E-state index contributed by atoms with van der Waals surface area (Å²) in [5.41, 5.74) is 13.4. The molecule has 12 heteroatoms. The number of carbonyl (C=O) groups excluding carboxylic acids is 3. The minimum atomic E-state index is -1.13. The van der Waals surface area contributed by atoms with Crippen LogP contribution in [0.5, 0.6) is 0 Å². The van der Waals surface area contributed by atoms with Gasteiger partial charge in [0.05, 0.1) is 6.04 Å². The first-order valence-electron chi connectivity index (χ1n) is 13.8. The van der Waals surface area contributed by atoms with Crippen molar-refractivity contribution in [3.63, 3.8) is 0 Å². The number of aromatic amines is 1. The maximum Gasteiger partial charge on any atom is 0.326 e. The van der Waals surface area contributed by atoms with Crippen LogP contribution in [0.25, 0.3) is 10.9 Å². The highest BCUT2D eigenvalue weighted by atomic mass is 32.2. The zero-order valence-corrected chi connectivity index (χ0v) is 24.4.